The number of Topliss-reactive ketones (excluding diaryl/α,β-unsaturated/α-hetero) is 1. The summed E-state index contributed by atoms with van der Waals surface area (Å²) in [4.78, 5) is 26.1. The van der Waals surface area contributed by atoms with E-state index in [9.17, 15) is 14.7 Å². The lowest BCUT2D eigenvalue weighted by atomic mass is 9.96. The van der Waals surface area contributed by atoms with Crippen LogP contribution in [0.4, 0.5) is 5.69 Å². The molecule has 0 aliphatic carbocycles. The molecule has 122 valence electrons. The molecular formula is C19H17NO4. The van der Waals surface area contributed by atoms with E-state index in [1.165, 1.54) is 11.8 Å². The van der Waals surface area contributed by atoms with E-state index in [1.54, 1.807) is 55.6 Å². The van der Waals surface area contributed by atoms with Crippen LogP contribution in [0.1, 0.15) is 18.5 Å². The van der Waals surface area contributed by atoms with E-state index in [-0.39, 0.29) is 11.4 Å². The Kier molecular flexibility index (Phi) is 4.08. The number of ether oxygens (including phenoxy) is 1. The summed E-state index contributed by atoms with van der Waals surface area (Å²) in [6, 6.07) is 15.4. The smallest absolute Gasteiger partial charge is 0.294 e. The Balaban J connectivity index is 2.18. The molecule has 1 aliphatic rings. The average Bonchev–Trinajstić information content (AvgIpc) is 2.87. The van der Waals surface area contributed by atoms with Crippen LogP contribution in [0.3, 0.4) is 0 Å². The van der Waals surface area contributed by atoms with Crippen molar-refractivity contribution in [2.45, 2.75) is 13.0 Å². The zero-order valence-electron chi connectivity index (χ0n) is 13.4. The summed E-state index contributed by atoms with van der Waals surface area (Å²) in [6.07, 6.45) is 0. The molecule has 1 amide bonds. The van der Waals surface area contributed by atoms with Gasteiger partial charge in [0.1, 0.15) is 5.75 Å². The van der Waals surface area contributed by atoms with Crippen LogP contribution in [0.2, 0.25) is 0 Å². The van der Waals surface area contributed by atoms with Gasteiger partial charge in [0.2, 0.25) is 0 Å². The highest BCUT2D eigenvalue weighted by Crippen LogP contribution is 2.41. The molecule has 2 aromatic carbocycles. The lowest BCUT2D eigenvalue weighted by Crippen LogP contribution is -2.30. The zero-order chi connectivity index (χ0) is 17.3. The Hall–Kier alpha value is -3.08. The Labute approximate surface area is 139 Å². The second-order valence-electron chi connectivity index (χ2n) is 5.51. The van der Waals surface area contributed by atoms with Crippen molar-refractivity contribution in [3.63, 3.8) is 0 Å². The molecule has 1 unspecified atom stereocenters. The van der Waals surface area contributed by atoms with Crippen molar-refractivity contribution < 1.29 is 19.4 Å². The first-order valence-corrected chi connectivity index (χ1v) is 7.51. The van der Waals surface area contributed by atoms with E-state index in [0.29, 0.717) is 17.0 Å². The molecule has 0 aromatic heterocycles. The SMILES string of the molecule is COc1cccc(C2C(C(C)=O)=C(O)C(=O)N2c2ccccc2)c1. The summed E-state index contributed by atoms with van der Waals surface area (Å²) < 4.78 is 5.24. The fraction of sp³-hybridized carbons (Fsp3) is 0.158. The number of nitrogens with zero attached hydrogens (tertiary/aromatic N) is 1. The van der Waals surface area contributed by atoms with Gasteiger partial charge in [0.15, 0.2) is 11.5 Å². The maximum Gasteiger partial charge on any atom is 0.294 e. The fourth-order valence-corrected chi connectivity index (χ4v) is 2.95. The maximum atomic E-state index is 12.6. The van der Waals surface area contributed by atoms with Crippen LogP contribution >= 0.6 is 0 Å². The second kappa shape index (κ2) is 6.20. The minimum atomic E-state index is -0.688. The molecule has 1 heterocycles. The maximum absolute atomic E-state index is 12.6. The van der Waals surface area contributed by atoms with Crippen molar-refractivity contribution in [1.82, 2.24) is 0 Å². The number of carbonyl (C=O) groups is 2. The summed E-state index contributed by atoms with van der Waals surface area (Å²) in [5.41, 5.74) is 1.40. The first-order valence-electron chi connectivity index (χ1n) is 7.51. The molecule has 5 heteroatoms. The number of anilines is 1. The average molecular weight is 323 g/mol. The number of para-hydroxylation sites is 1. The van der Waals surface area contributed by atoms with Gasteiger partial charge in [-0.25, -0.2) is 0 Å². The van der Waals surface area contributed by atoms with Crippen molar-refractivity contribution in [2.75, 3.05) is 12.0 Å². The van der Waals surface area contributed by atoms with Crippen molar-refractivity contribution in [2.24, 2.45) is 0 Å². The van der Waals surface area contributed by atoms with Gasteiger partial charge in [0.25, 0.3) is 5.91 Å². The highest BCUT2D eigenvalue weighted by Gasteiger charge is 2.43. The van der Waals surface area contributed by atoms with Crippen LogP contribution in [-0.2, 0) is 9.59 Å². The van der Waals surface area contributed by atoms with Gasteiger partial charge in [0, 0.05) is 5.69 Å². The number of aliphatic hydroxyl groups is 1. The Morgan fingerprint density at radius 3 is 2.46 bits per heavy atom. The molecule has 0 spiro atoms. The van der Waals surface area contributed by atoms with Crippen LogP contribution in [0.5, 0.6) is 5.75 Å². The minimum Gasteiger partial charge on any atom is -0.503 e. The lowest BCUT2D eigenvalue weighted by Gasteiger charge is -2.26. The van der Waals surface area contributed by atoms with Crippen LogP contribution < -0.4 is 9.64 Å². The summed E-state index contributed by atoms with van der Waals surface area (Å²) in [6.45, 7) is 1.35. The first kappa shape index (κ1) is 15.8. The third-order valence-electron chi connectivity index (χ3n) is 4.03. The third-order valence-corrected chi connectivity index (χ3v) is 4.03. The molecule has 0 saturated heterocycles. The summed E-state index contributed by atoms with van der Waals surface area (Å²) in [7, 11) is 1.55. The molecule has 0 radical (unpaired) electrons. The molecule has 5 nitrogen and oxygen atoms in total. The second-order valence-corrected chi connectivity index (χ2v) is 5.51. The number of ketones is 1. The molecule has 1 aliphatic heterocycles. The van der Waals surface area contributed by atoms with E-state index in [0.717, 1.165) is 0 Å². The number of amides is 1. The van der Waals surface area contributed by atoms with Gasteiger partial charge in [0.05, 0.1) is 18.7 Å². The molecule has 2 aromatic rings. The van der Waals surface area contributed by atoms with Crippen LogP contribution in [0.15, 0.2) is 65.9 Å². The van der Waals surface area contributed by atoms with E-state index < -0.39 is 17.7 Å². The lowest BCUT2D eigenvalue weighted by molar-refractivity contribution is -0.117. The largest absolute Gasteiger partial charge is 0.503 e. The standard InChI is InChI=1S/C19H17NO4/c1-12(21)16-17(13-7-6-10-15(11-13)24-2)20(19(23)18(16)22)14-8-4-3-5-9-14/h3-11,17,22H,1-2H3. The predicted molar refractivity (Wildman–Crippen MR) is 90.0 cm³/mol. The molecule has 0 bridgehead atoms. The Morgan fingerprint density at radius 1 is 1.12 bits per heavy atom. The number of benzene rings is 2. The van der Waals surface area contributed by atoms with Crippen LogP contribution in [0, 0.1) is 0 Å². The van der Waals surface area contributed by atoms with Crippen molar-refractivity contribution in [1.29, 1.82) is 0 Å². The van der Waals surface area contributed by atoms with E-state index in [4.69, 9.17) is 4.74 Å². The number of methoxy groups -OCH3 is 1. The van der Waals surface area contributed by atoms with Gasteiger partial charge >= 0.3 is 0 Å². The van der Waals surface area contributed by atoms with Crippen LogP contribution in [-0.4, -0.2) is 23.9 Å². The van der Waals surface area contributed by atoms with Crippen LogP contribution in [0.25, 0.3) is 0 Å². The Bertz CT molecular complexity index is 826. The molecule has 1 atom stereocenters. The highest BCUT2D eigenvalue weighted by atomic mass is 16.5. The fourth-order valence-electron chi connectivity index (χ4n) is 2.95. The Morgan fingerprint density at radius 2 is 1.83 bits per heavy atom. The molecule has 24 heavy (non-hydrogen) atoms. The topological polar surface area (TPSA) is 66.8 Å². The number of carbonyl (C=O) groups excluding carboxylic acids is 2. The number of hydrogen-bond acceptors (Lipinski definition) is 4. The third kappa shape index (κ3) is 2.54. The monoisotopic (exact) mass is 323 g/mol. The highest BCUT2D eigenvalue weighted by molar-refractivity contribution is 6.16. The van der Waals surface area contributed by atoms with Gasteiger partial charge in [-0.2, -0.15) is 0 Å². The summed E-state index contributed by atoms with van der Waals surface area (Å²) in [5.74, 6) is -0.812. The van der Waals surface area contributed by atoms with Crippen molar-refractivity contribution in [3.05, 3.63) is 71.5 Å². The normalized spacial score (nSPS) is 17.3. The van der Waals surface area contributed by atoms with E-state index in [2.05, 4.69) is 0 Å². The van der Waals surface area contributed by atoms with Gasteiger partial charge < -0.3 is 9.84 Å². The van der Waals surface area contributed by atoms with E-state index >= 15 is 0 Å². The van der Waals surface area contributed by atoms with Crippen molar-refractivity contribution in [3.8, 4) is 5.75 Å². The first-order chi connectivity index (χ1) is 11.5. The van der Waals surface area contributed by atoms with Gasteiger partial charge in [-0.1, -0.05) is 30.3 Å². The number of rotatable bonds is 4. The predicted octanol–water partition coefficient (Wildman–Crippen LogP) is 3.18. The molecule has 0 saturated carbocycles. The molecule has 0 fully saturated rings. The summed E-state index contributed by atoms with van der Waals surface area (Å²) in [5, 5.41) is 10.3. The van der Waals surface area contributed by atoms with Crippen molar-refractivity contribution >= 4 is 17.4 Å². The van der Waals surface area contributed by atoms with Gasteiger partial charge in [-0.3, -0.25) is 14.5 Å². The zero-order valence-corrected chi connectivity index (χ0v) is 13.4. The minimum absolute atomic E-state index is 0.0945. The van der Waals surface area contributed by atoms with E-state index in [1.807, 2.05) is 6.07 Å². The summed E-state index contributed by atoms with van der Waals surface area (Å²) >= 11 is 0. The molecule has 1 N–H and O–H groups in total. The quantitative estimate of drug-likeness (QED) is 0.938. The number of hydrogen-bond donors (Lipinski definition) is 1. The molecule has 3 rings (SSSR count). The number of aliphatic hydroxyl groups excluding tert-OH is 1. The van der Waals surface area contributed by atoms with Gasteiger partial charge in [-0.05, 0) is 36.8 Å². The molecular weight excluding hydrogens is 306 g/mol. The van der Waals surface area contributed by atoms with Gasteiger partial charge in [-0.15, -0.1) is 0 Å².